The zero-order valence-corrected chi connectivity index (χ0v) is 10.5. The van der Waals surface area contributed by atoms with E-state index >= 15 is 0 Å². The van der Waals surface area contributed by atoms with Crippen molar-refractivity contribution in [1.29, 1.82) is 0 Å². The van der Waals surface area contributed by atoms with Gasteiger partial charge in [-0.2, -0.15) is 0 Å². The van der Waals surface area contributed by atoms with Gasteiger partial charge in [-0.15, -0.1) is 0 Å². The minimum absolute atomic E-state index is 0.269. The first-order valence-electron chi connectivity index (χ1n) is 6.26. The third-order valence-electron chi connectivity index (χ3n) is 3.41. The molecule has 2 unspecified atom stereocenters. The van der Waals surface area contributed by atoms with Gasteiger partial charge < -0.3 is 15.5 Å². The molecule has 1 aliphatic carbocycles. The normalized spacial score (nSPS) is 18.3. The van der Waals surface area contributed by atoms with Crippen LogP contribution in [0.15, 0.2) is 18.2 Å². The number of carbonyl (C=O) groups excluding carboxylic acids is 1. The van der Waals surface area contributed by atoms with Gasteiger partial charge >= 0.3 is 0 Å². The Hall–Kier alpha value is -1.23. The Bertz CT molecular complexity index is 445. The molecule has 0 saturated carbocycles. The summed E-state index contributed by atoms with van der Waals surface area (Å²) < 4.78 is 0. The number of rotatable bonds is 4. The molecule has 0 heterocycles. The summed E-state index contributed by atoms with van der Waals surface area (Å²) in [6.07, 6.45) is 0.0893. The van der Waals surface area contributed by atoms with Crippen LogP contribution in [0.2, 0.25) is 0 Å². The van der Waals surface area contributed by atoms with Gasteiger partial charge in [0.1, 0.15) is 11.9 Å². The van der Waals surface area contributed by atoms with Crippen molar-refractivity contribution in [2.24, 2.45) is 0 Å². The molecule has 2 rings (SSSR count). The van der Waals surface area contributed by atoms with Crippen LogP contribution < -0.4 is 5.32 Å². The fourth-order valence-electron chi connectivity index (χ4n) is 2.35. The van der Waals surface area contributed by atoms with E-state index < -0.39 is 12.2 Å². The molecule has 0 spiro atoms. The van der Waals surface area contributed by atoms with Crippen molar-refractivity contribution in [1.82, 2.24) is 5.32 Å². The second kappa shape index (κ2) is 5.61. The molecule has 0 bridgehead atoms. The van der Waals surface area contributed by atoms with Gasteiger partial charge in [0.25, 0.3) is 0 Å². The second-order valence-electron chi connectivity index (χ2n) is 4.81. The standard InChI is InChI=1S/C14H19NO3/c1-15-8-13(17)14(18)11-3-2-10-7-12(16)5-4-9(10)6-11/h2-3,6,13-15,17-18H,4-5,7-8H2,1H3. The smallest absolute Gasteiger partial charge is 0.137 e. The molecule has 0 radical (unpaired) electrons. The molecule has 0 fully saturated rings. The Balaban J connectivity index is 2.18. The molecular formula is C14H19NO3. The highest BCUT2D eigenvalue weighted by Gasteiger charge is 2.21. The summed E-state index contributed by atoms with van der Waals surface area (Å²) in [7, 11) is 1.73. The minimum atomic E-state index is -0.889. The number of carbonyl (C=O) groups is 1. The van der Waals surface area contributed by atoms with Crippen LogP contribution >= 0.6 is 0 Å². The van der Waals surface area contributed by atoms with E-state index in [9.17, 15) is 15.0 Å². The van der Waals surface area contributed by atoms with Crippen LogP contribution in [0.1, 0.15) is 29.2 Å². The fourth-order valence-corrected chi connectivity index (χ4v) is 2.35. The number of ketones is 1. The minimum Gasteiger partial charge on any atom is -0.389 e. The zero-order valence-electron chi connectivity index (χ0n) is 10.5. The van der Waals surface area contributed by atoms with Crippen LogP contribution in [-0.2, 0) is 17.6 Å². The number of aliphatic hydroxyl groups is 2. The molecule has 18 heavy (non-hydrogen) atoms. The van der Waals surface area contributed by atoms with Crippen molar-refractivity contribution in [2.75, 3.05) is 13.6 Å². The number of aliphatic hydroxyl groups excluding tert-OH is 2. The molecule has 4 nitrogen and oxygen atoms in total. The number of nitrogens with one attached hydrogen (secondary N) is 1. The zero-order chi connectivity index (χ0) is 13.1. The van der Waals surface area contributed by atoms with E-state index in [4.69, 9.17) is 0 Å². The van der Waals surface area contributed by atoms with Gasteiger partial charge in [0, 0.05) is 19.4 Å². The lowest BCUT2D eigenvalue weighted by molar-refractivity contribution is -0.118. The largest absolute Gasteiger partial charge is 0.389 e. The summed E-state index contributed by atoms with van der Waals surface area (Å²) >= 11 is 0. The summed E-state index contributed by atoms with van der Waals surface area (Å²) in [6.45, 7) is 0.344. The van der Waals surface area contributed by atoms with Crippen molar-refractivity contribution in [3.8, 4) is 0 Å². The summed E-state index contributed by atoms with van der Waals surface area (Å²) in [5.41, 5.74) is 2.87. The number of hydrogen-bond acceptors (Lipinski definition) is 4. The molecule has 1 aromatic rings. The van der Waals surface area contributed by atoms with Gasteiger partial charge in [-0.25, -0.2) is 0 Å². The Morgan fingerprint density at radius 2 is 2.06 bits per heavy atom. The monoisotopic (exact) mass is 249 g/mol. The SMILES string of the molecule is CNCC(O)C(O)c1ccc2c(c1)CCC(=O)C2. The molecular weight excluding hydrogens is 230 g/mol. The Kier molecular flexibility index (Phi) is 4.11. The average molecular weight is 249 g/mol. The van der Waals surface area contributed by atoms with E-state index in [0.717, 1.165) is 17.5 Å². The lowest BCUT2D eigenvalue weighted by Gasteiger charge is -2.21. The Morgan fingerprint density at radius 1 is 1.28 bits per heavy atom. The van der Waals surface area contributed by atoms with Gasteiger partial charge in [0.15, 0.2) is 0 Å². The highest BCUT2D eigenvalue weighted by Crippen LogP contribution is 2.24. The summed E-state index contributed by atoms with van der Waals surface area (Å²) in [6, 6.07) is 5.59. The fraction of sp³-hybridized carbons (Fsp3) is 0.500. The summed E-state index contributed by atoms with van der Waals surface area (Å²) in [5.74, 6) is 0.269. The van der Waals surface area contributed by atoms with Gasteiger partial charge in [-0.05, 0) is 30.2 Å². The van der Waals surface area contributed by atoms with Crippen LogP contribution in [-0.4, -0.2) is 35.7 Å². The first-order chi connectivity index (χ1) is 8.61. The lowest BCUT2D eigenvalue weighted by Crippen LogP contribution is -2.29. The predicted molar refractivity (Wildman–Crippen MR) is 68.4 cm³/mol. The van der Waals surface area contributed by atoms with Crippen LogP contribution in [0.5, 0.6) is 0 Å². The molecule has 1 aromatic carbocycles. The maximum Gasteiger partial charge on any atom is 0.137 e. The van der Waals surface area contributed by atoms with Crippen molar-refractivity contribution < 1.29 is 15.0 Å². The van der Waals surface area contributed by atoms with E-state index in [1.165, 1.54) is 0 Å². The van der Waals surface area contributed by atoms with Crippen LogP contribution in [0, 0.1) is 0 Å². The van der Waals surface area contributed by atoms with Gasteiger partial charge in [-0.3, -0.25) is 4.79 Å². The molecule has 98 valence electrons. The Labute approximate surface area is 107 Å². The maximum atomic E-state index is 11.3. The van der Waals surface area contributed by atoms with Crippen LogP contribution in [0.4, 0.5) is 0 Å². The highest BCUT2D eigenvalue weighted by molar-refractivity contribution is 5.83. The number of hydrogen-bond donors (Lipinski definition) is 3. The second-order valence-corrected chi connectivity index (χ2v) is 4.81. The molecule has 1 aliphatic rings. The Morgan fingerprint density at radius 3 is 2.78 bits per heavy atom. The van der Waals surface area contributed by atoms with Gasteiger partial charge in [0.05, 0.1) is 6.10 Å². The predicted octanol–water partition coefficient (Wildman–Crippen LogP) is 0.358. The van der Waals surface area contributed by atoms with Gasteiger partial charge in [-0.1, -0.05) is 18.2 Å². The first kappa shape index (κ1) is 13.2. The number of likely N-dealkylation sites (N-methyl/N-ethyl adjacent to an activating group) is 1. The van der Waals surface area contributed by atoms with Crippen LogP contribution in [0.25, 0.3) is 0 Å². The van der Waals surface area contributed by atoms with Crippen molar-refractivity contribution in [3.05, 3.63) is 34.9 Å². The first-order valence-corrected chi connectivity index (χ1v) is 6.26. The molecule has 2 atom stereocenters. The number of aryl methyl sites for hydroxylation is 1. The molecule has 0 saturated heterocycles. The molecule has 4 heteroatoms. The summed E-state index contributed by atoms with van der Waals surface area (Å²) in [5, 5.41) is 22.6. The van der Waals surface area contributed by atoms with Crippen molar-refractivity contribution >= 4 is 5.78 Å². The average Bonchev–Trinajstić information content (AvgIpc) is 2.37. The molecule has 0 amide bonds. The van der Waals surface area contributed by atoms with Crippen molar-refractivity contribution in [3.63, 3.8) is 0 Å². The lowest BCUT2D eigenvalue weighted by atomic mass is 9.88. The third kappa shape index (κ3) is 2.77. The van der Waals surface area contributed by atoms with E-state index in [-0.39, 0.29) is 5.78 Å². The van der Waals surface area contributed by atoms with E-state index in [1.807, 2.05) is 12.1 Å². The summed E-state index contributed by atoms with van der Waals surface area (Å²) in [4.78, 5) is 11.3. The highest BCUT2D eigenvalue weighted by atomic mass is 16.3. The van der Waals surface area contributed by atoms with E-state index in [2.05, 4.69) is 5.32 Å². The number of fused-ring (bicyclic) bond motifs is 1. The molecule has 0 aromatic heterocycles. The van der Waals surface area contributed by atoms with Crippen LogP contribution in [0.3, 0.4) is 0 Å². The third-order valence-corrected chi connectivity index (χ3v) is 3.41. The molecule has 3 N–H and O–H groups in total. The molecule has 0 aliphatic heterocycles. The topological polar surface area (TPSA) is 69.6 Å². The number of Topliss-reactive ketones (excluding diaryl/α,β-unsaturated/α-hetero) is 1. The quantitative estimate of drug-likeness (QED) is 0.720. The van der Waals surface area contributed by atoms with E-state index in [0.29, 0.717) is 24.9 Å². The number of benzene rings is 1. The van der Waals surface area contributed by atoms with Gasteiger partial charge in [0.2, 0.25) is 0 Å². The van der Waals surface area contributed by atoms with E-state index in [1.54, 1.807) is 13.1 Å². The van der Waals surface area contributed by atoms with Crippen molar-refractivity contribution in [2.45, 2.75) is 31.5 Å². The maximum absolute atomic E-state index is 11.3.